The smallest absolute Gasteiger partial charge is 0.337 e. The second-order valence-electron chi connectivity index (χ2n) is 5.17. The first-order valence-corrected chi connectivity index (χ1v) is 6.56. The second kappa shape index (κ2) is 6.98. The molecule has 0 aromatic carbocycles. The molecule has 1 aliphatic carbocycles. The lowest BCUT2D eigenvalue weighted by Gasteiger charge is -2.30. The number of nitrogens with one attached hydrogen (secondary N) is 2. The van der Waals surface area contributed by atoms with Crippen LogP contribution < -0.4 is 10.6 Å². The van der Waals surface area contributed by atoms with Crippen LogP contribution in [0, 0.1) is 5.92 Å². The predicted octanol–water partition coefficient (Wildman–Crippen LogP) is 1.97. The van der Waals surface area contributed by atoms with Crippen molar-refractivity contribution in [3.63, 3.8) is 0 Å². The number of nitrogens with zero attached hydrogens (tertiary/aromatic N) is 1. The third-order valence-electron chi connectivity index (χ3n) is 3.43. The second-order valence-corrected chi connectivity index (χ2v) is 5.17. The number of rotatable bonds is 4. The fourth-order valence-electron chi connectivity index (χ4n) is 2.23. The van der Waals surface area contributed by atoms with E-state index in [1.807, 2.05) is 0 Å². The molecule has 7 heteroatoms. The van der Waals surface area contributed by atoms with Gasteiger partial charge in [-0.15, -0.1) is 0 Å². The van der Waals surface area contributed by atoms with E-state index < -0.39 is 12.1 Å². The molecule has 1 aliphatic rings. The molecule has 0 bridgehead atoms. The maximum Gasteiger partial charge on any atom is 0.391 e. The third kappa shape index (κ3) is 5.67. The number of alkyl halides is 3. The molecule has 0 atom stereocenters. The first-order valence-electron chi connectivity index (χ1n) is 6.56. The fraction of sp³-hybridized carbons (Fsp3) is 0.917. The largest absolute Gasteiger partial charge is 0.391 e. The molecule has 0 radical (unpaired) electrons. The molecule has 2 N–H and O–H groups in total. The summed E-state index contributed by atoms with van der Waals surface area (Å²) in [5, 5.41) is 5.89. The molecule has 4 nitrogen and oxygen atoms in total. The Morgan fingerprint density at radius 2 is 1.74 bits per heavy atom. The van der Waals surface area contributed by atoms with Gasteiger partial charge in [-0.1, -0.05) is 0 Å². The van der Waals surface area contributed by atoms with Crippen molar-refractivity contribution in [1.82, 2.24) is 15.5 Å². The number of carbonyl (C=O) groups excluding carboxylic acids is 1. The molecular weight excluding hydrogens is 259 g/mol. The zero-order valence-corrected chi connectivity index (χ0v) is 11.4. The average molecular weight is 281 g/mol. The summed E-state index contributed by atoms with van der Waals surface area (Å²) in [5.41, 5.74) is 0. The van der Waals surface area contributed by atoms with Crippen LogP contribution >= 0.6 is 0 Å². The minimum atomic E-state index is -4.05. The highest BCUT2D eigenvalue weighted by Gasteiger charge is 2.41. The topological polar surface area (TPSA) is 44.4 Å². The number of hydrogen-bond donors (Lipinski definition) is 2. The monoisotopic (exact) mass is 281 g/mol. The van der Waals surface area contributed by atoms with Crippen LogP contribution in [-0.2, 0) is 0 Å². The lowest BCUT2D eigenvalue weighted by molar-refractivity contribution is -0.182. The average Bonchev–Trinajstić information content (AvgIpc) is 2.33. The minimum Gasteiger partial charge on any atom is -0.337 e. The van der Waals surface area contributed by atoms with E-state index in [1.165, 1.54) is 4.90 Å². The highest BCUT2D eigenvalue weighted by atomic mass is 19.4. The first kappa shape index (κ1) is 16.1. The van der Waals surface area contributed by atoms with Gasteiger partial charge in [-0.2, -0.15) is 13.2 Å². The summed E-state index contributed by atoms with van der Waals surface area (Å²) in [4.78, 5) is 12.6. The molecule has 2 amide bonds. The van der Waals surface area contributed by atoms with Crippen LogP contribution in [0.15, 0.2) is 0 Å². The van der Waals surface area contributed by atoms with Crippen LogP contribution in [0.1, 0.15) is 25.7 Å². The highest BCUT2D eigenvalue weighted by Crippen LogP contribution is 2.37. The zero-order valence-electron chi connectivity index (χ0n) is 11.4. The van der Waals surface area contributed by atoms with E-state index in [0.717, 1.165) is 0 Å². The normalized spacial score (nSPS) is 24.1. The van der Waals surface area contributed by atoms with E-state index in [1.54, 1.807) is 14.1 Å². The Morgan fingerprint density at radius 1 is 1.16 bits per heavy atom. The summed E-state index contributed by atoms with van der Waals surface area (Å²) in [5.74, 6) is -1.14. The summed E-state index contributed by atoms with van der Waals surface area (Å²) < 4.78 is 37.4. The fourth-order valence-corrected chi connectivity index (χ4v) is 2.23. The van der Waals surface area contributed by atoms with Crippen molar-refractivity contribution < 1.29 is 18.0 Å². The molecule has 0 heterocycles. The van der Waals surface area contributed by atoms with E-state index in [4.69, 9.17) is 0 Å². The molecule has 1 fully saturated rings. The molecule has 0 unspecified atom stereocenters. The van der Waals surface area contributed by atoms with E-state index in [-0.39, 0.29) is 24.9 Å². The Morgan fingerprint density at radius 3 is 2.21 bits per heavy atom. The molecule has 112 valence electrons. The predicted molar refractivity (Wildman–Crippen MR) is 66.9 cm³/mol. The maximum atomic E-state index is 12.5. The van der Waals surface area contributed by atoms with Gasteiger partial charge in [0.1, 0.15) is 0 Å². The van der Waals surface area contributed by atoms with Crippen LogP contribution in [0.2, 0.25) is 0 Å². The summed E-state index contributed by atoms with van der Waals surface area (Å²) >= 11 is 0. The quantitative estimate of drug-likeness (QED) is 0.774. The number of urea groups is 1. The maximum absolute atomic E-state index is 12.5. The number of amides is 2. The summed E-state index contributed by atoms with van der Waals surface area (Å²) in [6, 6.07) is -0.0302. The Hall–Kier alpha value is -0.980. The van der Waals surface area contributed by atoms with Gasteiger partial charge in [0.15, 0.2) is 0 Å². The van der Waals surface area contributed by atoms with Gasteiger partial charge in [0.2, 0.25) is 0 Å². The van der Waals surface area contributed by atoms with Crippen LogP contribution in [0.4, 0.5) is 18.0 Å². The van der Waals surface area contributed by atoms with Gasteiger partial charge in [0, 0.05) is 33.2 Å². The van der Waals surface area contributed by atoms with E-state index in [2.05, 4.69) is 10.6 Å². The molecule has 0 spiro atoms. The van der Waals surface area contributed by atoms with E-state index in [0.29, 0.717) is 25.9 Å². The lowest BCUT2D eigenvalue weighted by Crippen LogP contribution is -2.42. The number of hydrogen-bond acceptors (Lipinski definition) is 2. The Labute approximate surface area is 111 Å². The van der Waals surface area contributed by atoms with Gasteiger partial charge in [0.25, 0.3) is 0 Å². The highest BCUT2D eigenvalue weighted by molar-refractivity contribution is 5.73. The first-order chi connectivity index (χ1) is 8.80. The SMILES string of the molecule is CN(C)C(=O)NCCNC1CCC(C(F)(F)F)CC1. The van der Waals surface area contributed by atoms with Crippen molar-refractivity contribution in [2.45, 2.75) is 37.9 Å². The molecule has 19 heavy (non-hydrogen) atoms. The molecule has 0 saturated heterocycles. The van der Waals surface area contributed by atoms with Crippen molar-refractivity contribution in [2.75, 3.05) is 27.2 Å². The van der Waals surface area contributed by atoms with Crippen molar-refractivity contribution in [1.29, 1.82) is 0 Å². The standard InChI is InChI=1S/C12H22F3N3O/c1-18(2)11(19)17-8-7-16-10-5-3-9(4-6-10)12(13,14)15/h9-10,16H,3-8H2,1-2H3,(H,17,19). The number of carbonyl (C=O) groups is 1. The van der Waals surface area contributed by atoms with Crippen LogP contribution in [-0.4, -0.2) is 50.3 Å². The van der Waals surface area contributed by atoms with Gasteiger partial charge in [0.05, 0.1) is 5.92 Å². The van der Waals surface area contributed by atoms with Crippen LogP contribution in [0.5, 0.6) is 0 Å². The molecule has 0 aliphatic heterocycles. The molecular formula is C12H22F3N3O. The van der Waals surface area contributed by atoms with Crippen molar-refractivity contribution in [3.8, 4) is 0 Å². The third-order valence-corrected chi connectivity index (χ3v) is 3.43. The van der Waals surface area contributed by atoms with E-state index in [9.17, 15) is 18.0 Å². The Bertz CT molecular complexity index is 286. The minimum absolute atomic E-state index is 0.134. The molecule has 1 saturated carbocycles. The Kier molecular flexibility index (Phi) is 5.90. The van der Waals surface area contributed by atoms with Gasteiger partial charge in [-0.05, 0) is 25.7 Å². The van der Waals surface area contributed by atoms with Gasteiger partial charge in [-0.25, -0.2) is 4.79 Å². The summed E-state index contributed by atoms with van der Waals surface area (Å²) in [7, 11) is 3.31. The lowest BCUT2D eigenvalue weighted by atomic mass is 9.85. The molecule has 0 aromatic heterocycles. The van der Waals surface area contributed by atoms with Crippen molar-refractivity contribution in [2.24, 2.45) is 5.92 Å². The van der Waals surface area contributed by atoms with Crippen molar-refractivity contribution >= 4 is 6.03 Å². The molecule has 1 rings (SSSR count). The van der Waals surface area contributed by atoms with E-state index >= 15 is 0 Å². The Balaban J connectivity index is 2.12. The van der Waals surface area contributed by atoms with Crippen LogP contribution in [0.25, 0.3) is 0 Å². The van der Waals surface area contributed by atoms with Crippen molar-refractivity contribution in [3.05, 3.63) is 0 Å². The summed E-state index contributed by atoms with van der Waals surface area (Å²) in [6.45, 7) is 1.07. The zero-order chi connectivity index (χ0) is 14.5. The van der Waals surface area contributed by atoms with Gasteiger partial charge in [-0.3, -0.25) is 0 Å². The van der Waals surface area contributed by atoms with Crippen LogP contribution in [0.3, 0.4) is 0 Å². The number of halogens is 3. The molecule has 0 aromatic rings. The van der Waals surface area contributed by atoms with Gasteiger partial charge >= 0.3 is 12.2 Å². The summed E-state index contributed by atoms with van der Waals surface area (Å²) in [6.07, 6.45) is -2.56. The van der Waals surface area contributed by atoms with Gasteiger partial charge < -0.3 is 15.5 Å².